The van der Waals surface area contributed by atoms with Crippen LogP contribution in [-0.4, -0.2) is 37.6 Å². The lowest BCUT2D eigenvalue weighted by molar-refractivity contribution is -0.119. The fourth-order valence-electron chi connectivity index (χ4n) is 2.50. The van der Waals surface area contributed by atoms with Crippen LogP contribution in [0.1, 0.15) is 18.4 Å². The van der Waals surface area contributed by atoms with Crippen LogP contribution in [0, 0.1) is 0 Å². The normalized spacial score (nSPS) is 15.7. The maximum Gasteiger partial charge on any atom is 0.243 e. The van der Waals surface area contributed by atoms with Crippen molar-refractivity contribution in [3.05, 3.63) is 23.8 Å². The lowest BCUT2D eigenvalue weighted by Gasteiger charge is -2.31. The number of ether oxygens (including phenoxy) is 1. The van der Waals surface area contributed by atoms with Gasteiger partial charge in [0.1, 0.15) is 5.75 Å². The molecule has 1 aliphatic heterocycles. The number of rotatable bonds is 5. The molecule has 1 heterocycles. The molecule has 0 bridgehead atoms. The summed E-state index contributed by atoms with van der Waals surface area (Å²) in [6, 6.07) is 5.47. The van der Waals surface area contributed by atoms with Crippen molar-refractivity contribution in [1.82, 2.24) is 0 Å². The molecule has 0 aromatic heterocycles. The van der Waals surface area contributed by atoms with Crippen LogP contribution in [0.3, 0.4) is 0 Å². The van der Waals surface area contributed by atoms with E-state index >= 15 is 0 Å². The number of hydrogen-bond donors (Lipinski definition) is 1. The van der Waals surface area contributed by atoms with Crippen molar-refractivity contribution >= 4 is 23.4 Å². The van der Waals surface area contributed by atoms with Crippen molar-refractivity contribution in [2.24, 2.45) is 5.73 Å². The Labute approximate surface area is 124 Å². The van der Waals surface area contributed by atoms with Gasteiger partial charge in [-0.2, -0.15) is 11.8 Å². The summed E-state index contributed by atoms with van der Waals surface area (Å²) in [4.78, 5) is 14.3. The number of aryl methyl sites for hydroxylation is 1. The maximum absolute atomic E-state index is 12.5. The molecule has 1 amide bonds. The van der Waals surface area contributed by atoms with Crippen LogP contribution < -0.4 is 15.4 Å². The van der Waals surface area contributed by atoms with Gasteiger partial charge in [-0.25, -0.2) is 0 Å². The van der Waals surface area contributed by atoms with Crippen LogP contribution in [-0.2, 0) is 11.2 Å². The molecule has 4 nitrogen and oxygen atoms in total. The number of thioether (sulfide) groups is 1. The van der Waals surface area contributed by atoms with Gasteiger partial charge in [-0.3, -0.25) is 4.79 Å². The first kappa shape index (κ1) is 15.2. The molecule has 2 N–H and O–H groups in total. The fraction of sp³-hybridized carbons (Fsp3) is 0.533. The molecule has 0 saturated carbocycles. The van der Waals surface area contributed by atoms with E-state index in [0.29, 0.717) is 0 Å². The molecule has 0 radical (unpaired) electrons. The summed E-state index contributed by atoms with van der Waals surface area (Å²) in [6.45, 7) is 0.755. The van der Waals surface area contributed by atoms with Crippen LogP contribution in [0.5, 0.6) is 5.75 Å². The standard InChI is InChI=1S/C15H22N2O2S/c1-19-12-5-6-14-11(10-12)4-3-8-17(14)15(18)13(16)7-9-20-2/h5-6,10,13H,3-4,7-9,16H2,1-2H3/t13-/m1/s1. The minimum absolute atomic E-state index is 0.0326. The molecule has 5 heteroatoms. The van der Waals surface area contributed by atoms with Crippen molar-refractivity contribution in [2.45, 2.75) is 25.3 Å². The van der Waals surface area contributed by atoms with Gasteiger partial charge in [0.15, 0.2) is 0 Å². The van der Waals surface area contributed by atoms with Crippen molar-refractivity contribution in [1.29, 1.82) is 0 Å². The van der Waals surface area contributed by atoms with Gasteiger partial charge in [-0.15, -0.1) is 0 Å². The molecule has 1 aromatic carbocycles. The zero-order valence-electron chi connectivity index (χ0n) is 12.1. The van der Waals surface area contributed by atoms with E-state index in [0.717, 1.165) is 43.0 Å². The van der Waals surface area contributed by atoms with Gasteiger partial charge in [0.25, 0.3) is 0 Å². The average Bonchev–Trinajstić information content (AvgIpc) is 2.50. The van der Waals surface area contributed by atoms with Crippen LogP contribution in [0.15, 0.2) is 18.2 Å². The number of hydrogen-bond acceptors (Lipinski definition) is 4. The first-order valence-electron chi connectivity index (χ1n) is 6.90. The van der Waals surface area contributed by atoms with Gasteiger partial charge in [-0.05, 0) is 55.0 Å². The van der Waals surface area contributed by atoms with E-state index in [9.17, 15) is 4.79 Å². The third-order valence-electron chi connectivity index (χ3n) is 3.62. The van der Waals surface area contributed by atoms with Gasteiger partial charge >= 0.3 is 0 Å². The number of benzene rings is 1. The summed E-state index contributed by atoms with van der Waals surface area (Å²) >= 11 is 1.72. The Morgan fingerprint density at radius 3 is 3.05 bits per heavy atom. The van der Waals surface area contributed by atoms with E-state index in [4.69, 9.17) is 10.5 Å². The highest BCUT2D eigenvalue weighted by Gasteiger charge is 2.26. The lowest BCUT2D eigenvalue weighted by Crippen LogP contribution is -2.46. The topological polar surface area (TPSA) is 55.6 Å². The molecule has 1 aliphatic rings. The number of carbonyl (C=O) groups excluding carboxylic acids is 1. The van der Waals surface area contributed by atoms with Crippen molar-refractivity contribution in [3.8, 4) is 5.75 Å². The highest BCUT2D eigenvalue weighted by molar-refractivity contribution is 7.98. The Balaban J connectivity index is 2.17. The van der Waals surface area contributed by atoms with E-state index in [1.54, 1.807) is 18.9 Å². The molecule has 0 saturated heterocycles. The van der Waals surface area contributed by atoms with E-state index in [1.165, 1.54) is 5.56 Å². The quantitative estimate of drug-likeness (QED) is 0.903. The Morgan fingerprint density at radius 1 is 1.55 bits per heavy atom. The minimum Gasteiger partial charge on any atom is -0.497 e. The number of anilines is 1. The summed E-state index contributed by atoms with van der Waals surface area (Å²) in [5, 5.41) is 0. The van der Waals surface area contributed by atoms with Gasteiger partial charge in [0.2, 0.25) is 5.91 Å². The molecule has 2 rings (SSSR count). The van der Waals surface area contributed by atoms with Crippen molar-refractivity contribution in [3.63, 3.8) is 0 Å². The number of nitrogens with zero attached hydrogens (tertiary/aromatic N) is 1. The predicted molar refractivity (Wildman–Crippen MR) is 84.6 cm³/mol. The summed E-state index contributed by atoms with van der Waals surface area (Å²) in [6.07, 6.45) is 4.71. The van der Waals surface area contributed by atoms with Gasteiger partial charge in [0.05, 0.1) is 13.2 Å². The molecular formula is C15H22N2O2S. The number of methoxy groups -OCH3 is 1. The van der Waals surface area contributed by atoms with E-state index < -0.39 is 6.04 Å². The highest BCUT2D eigenvalue weighted by Crippen LogP contribution is 2.30. The summed E-state index contributed by atoms with van der Waals surface area (Å²) in [5.74, 6) is 1.78. The smallest absolute Gasteiger partial charge is 0.243 e. The first-order valence-corrected chi connectivity index (χ1v) is 8.29. The largest absolute Gasteiger partial charge is 0.497 e. The SMILES string of the molecule is COc1ccc2c(c1)CCCN2C(=O)[C@H](N)CCSC. The van der Waals surface area contributed by atoms with Gasteiger partial charge < -0.3 is 15.4 Å². The molecular weight excluding hydrogens is 272 g/mol. The Kier molecular flexibility index (Phi) is 5.31. The predicted octanol–water partition coefficient (Wildman–Crippen LogP) is 2.05. The highest BCUT2D eigenvalue weighted by atomic mass is 32.2. The van der Waals surface area contributed by atoms with Crippen LogP contribution in [0.2, 0.25) is 0 Å². The minimum atomic E-state index is -0.407. The second kappa shape index (κ2) is 6.99. The Morgan fingerprint density at radius 2 is 2.35 bits per heavy atom. The fourth-order valence-corrected chi connectivity index (χ4v) is 2.99. The summed E-state index contributed by atoms with van der Waals surface area (Å²) in [7, 11) is 1.66. The number of carbonyl (C=O) groups is 1. The molecule has 0 fully saturated rings. The monoisotopic (exact) mass is 294 g/mol. The van der Waals surface area contributed by atoms with E-state index in [1.807, 2.05) is 29.4 Å². The van der Waals surface area contributed by atoms with Crippen LogP contribution in [0.4, 0.5) is 5.69 Å². The molecule has 1 aromatic rings. The van der Waals surface area contributed by atoms with E-state index in [-0.39, 0.29) is 5.91 Å². The van der Waals surface area contributed by atoms with Crippen molar-refractivity contribution in [2.75, 3.05) is 30.6 Å². The second-order valence-electron chi connectivity index (χ2n) is 4.98. The van der Waals surface area contributed by atoms with Crippen molar-refractivity contribution < 1.29 is 9.53 Å². The second-order valence-corrected chi connectivity index (χ2v) is 5.96. The maximum atomic E-state index is 12.5. The zero-order chi connectivity index (χ0) is 14.5. The first-order chi connectivity index (χ1) is 9.67. The lowest BCUT2D eigenvalue weighted by atomic mass is 10.0. The van der Waals surface area contributed by atoms with E-state index in [2.05, 4.69) is 0 Å². The Bertz CT molecular complexity index is 479. The molecule has 1 atom stereocenters. The molecule has 20 heavy (non-hydrogen) atoms. The number of amides is 1. The summed E-state index contributed by atoms with van der Waals surface area (Å²) in [5.41, 5.74) is 8.17. The molecule has 0 aliphatic carbocycles. The van der Waals surface area contributed by atoms with Gasteiger partial charge in [0, 0.05) is 12.2 Å². The zero-order valence-corrected chi connectivity index (χ0v) is 12.9. The Hall–Kier alpha value is -1.20. The number of nitrogens with two attached hydrogens (primary N) is 1. The van der Waals surface area contributed by atoms with Crippen LogP contribution in [0.25, 0.3) is 0 Å². The molecule has 110 valence electrons. The molecule has 0 unspecified atom stereocenters. The average molecular weight is 294 g/mol. The third-order valence-corrected chi connectivity index (χ3v) is 4.27. The van der Waals surface area contributed by atoms with Crippen LogP contribution >= 0.6 is 11.8 Å². The summed E-state index contributed by atoms with van der Waals surface area (Å²) < 4.78 is 5.25. The van der Waals surface area contributed by atoms with Gasteiger partial charge in [-0.1, -0.05) is 0 Å². The molecule has 0 spiro atoms. The number of fused-ring (bicyclic) bond motifs is 1. The third kappa shape index (κ3) is 3.27.